The number of rotatable bonds is 6. The minimum Gasteiger partial charge on any atom is -0.355 e. The van der Waals surface area contributed by atoms with Crippen molar-refractivity contribution in [2.24, 2.45) is 5.41 Å². The summed E-state index contributed by atoms with van der Waals surface area (Å²) in [6, 6.07) is 11.3. The third-order valence-electron chi connectivity index (χ3n) is 3.12. The molecule has 5 nitrogen and oxygen atoms in total. The Labute approximate surface area is 131 Å². The molecular weight excluding hydrogens is 278 g/mol. The Morgan fingerprint density at radius 1 is 1.23 bits per heavy atom. The van der Waals surface area contributed by atoms with Crippen molar-refractivity contribution in [3.05, 3.63) is 30.3 Å². The first-order valence-corrected chi connectivity index (χ1v) is 7.37. The second-order valence-electron chi connectivity index (χ2n) is 6.04. The van der Waals surface area contributed by atoms with E-state index in [2.05, 4.69) is 11.4 Å². The monoisotopic (exact) mass is 301 g/mol. The van der Waals surface area contributed by atoms with E-state index in [0.717, 1.165) is 5.69 Å². The van der Waals surface area contributed by atoms with Gasteiger partial charge in [0.15, 0.2) is 0 Å². The molecule has 0 saturated carbocycles. The molecule has 0 atom stereocenters. The summed E-state index contributed by atoms with van der Waals surface area (Å²) >= 11 is 0. The van der Waals surface area contributed by atoms with E-state index in [9.17, 15) is 9.59 Å². The molecule has 0 radical (unpaired) electrons. The molecule has 0 bridgehead atoms. The Hall–Kier alpha value is -2.35. The number of anilines is 1. The third-order valence-corrected chi connectivity index (χ3v) is 3.12. The van der Waals surface area contributed by atoms with Crippen molar-refractivity contribution in [2.45, 2.75) is 33.6 Å². The molecule has 0 saturated heterocycles. The number of carbonyl (C=O) groups is 2. The molecule has 0 heterocycles. The van der Waals surface area contributed by atoms with E-state index in [1.165, 1.54) is 0 Å². The smallest absolute Gasteiger partial charge is 0.228 e. The van der Waals surface area contributed by atoms with Gasteiger partial charge >= 0.3 is 0 Å². The van der Waals surface area contributed by atoms with Gasteiger partial charge in [0, 0.05) is 30.6 Å². The molecule has 2 amide bonds. The van der Waals surface area contributed by atoms with Crippen LogP contribution in [0.3, 0.4) is 0 Å². The summed E-state index contributed by atoms with van der Waals surface area (Å²) in [6.45, 7) is 6.13. The molecule has 0 aliphatic rings. The van der Waals surface area contributed by atoms with Crippen molar-refractivity contribution in [1.29, 1.82) is 5.26 Å². The number of nitriles is 1. The van der Waals surface area contributed by atoms with Gasteiger partial charge in [0.05, 0.1) is 12.5 Å². The van der Waals surface area contributed by atoms with Gasteiger partial charge in [-0.2, -0.15) is 5.26 Å². The van der Waals surface area contributed by atoms with Crippen molar-refractivity contribution in [3.8, 4) is 6.07 Å². The van der Waals surface area contributed by atoms with Crippen LogP contribution >= 0.6 is 0 Å². The van der Waals surface area contributed by atoms with Crippen LogP contribution in [0.25, 0.3) is 0 Å². The Kier molecular flexibility index (Phi) is 6.58. The zero-order chi connectivity index (χ0) is 16.6. The minimum absolute atomic E-state index is 0.0800. The molecule has 118 valence electrons. The van der Waals surface area contributed by atoms with Gasteiger partial charge in [0.1, 0.15) is 0 Å². The van der Waals surface area contributed by atoms with Crippen molar-refractivity contribution >= 4 is 17.5 Å². The second-order valence-corrected chi connectivity index (χ2v) is 6.04. The van der Waals surface area contributed by atoms with Crippen molar-refractivity contribution in [3.63, 3.8) is 0 Å². The largest absolute Gasteiger partial charge is 0.355 e. The number of amides is 2. The van der Waals surface area contributed by atoms with Gasteiger partial charge < -0.3 is 10.2 Å². The topological polar surface area (TPSA) is 73.2 Å². The number of nitrogens with one attached hydrogen (secondary N) is 1. The molecule has 1 rings (SSSR count). The maximum absolute atomic E-state index is 12.3. The maximum atomic E-state index is 12.3. The first-order chi connectivity index (χ1) is 10.4. The van der Waals surface area contributed by atoms with E-state index < -0.39 is 5.41 Å². The minimum atomic E-state index is -0.469. The molecule has 5 heteroatoms. The Morgan fingerprint density at radius 2 is 1.86 bits per heavy atom. The lowest BCUT2D eigenvalue weighted by Crippen LogP contribution is -2.38. The summed E-state index contributed by atoms with van der Waals surface area (Å²) in [4.78, 5) is 25.7. The summed E-state index contributed by atoms with van der Waals surface area (Å²) in [5.74, 6) is -0.181. The van der Waals surface area contributed by atoms with Gasteiger partial charge in [-0.25, -0.2) is 0 Å². The average molecular weight is 301 g/mol. The zero-order valence-corrected chi connectivity index (χ0v) is 13.4. The highest BCUT2D eigenvalue weighted by Crippen LogP contribution is 2.15. The van der Waals surface area contributed by atoms with Gasteiger partial charge in [0.2, 0.25) is 11.8 Å². The molecule has 1 N–H and O–H groups in total. The number of para-hydroxylation sites is 1. The van der Waals surface area contributed by atoms with Crippen LogP contribution in [-0.4, -0.2) is 24.9 Å². The van der Waals surface area contributed by atoms with E-state index in [4.69, 9.17) is 5.26 Å². The number of hydrogen-bond acceptors (Lipinski definition) is 3. The van der Waals surface area contributed by atoms with Crippen LogP contribution < -0.4 is 10.2 Å². The van der Waals surface area contributed by atoms with Crippen LogP contribution in [0.5, 0.6) is 0 Å². The Bertz CT molecular complexity index is 541. The molecule has 0 aromatic heterocycles. The SMILES string of the molecule is CC(C)(C)C(=O)NCCC(=O)N(CCC#N)c1ccccc1. The fourth-order valence-electron chi connectivity index (χ4n) is 1.85. The quantitative estimate of drug-likeness (QED) is 0.877. The van der Waals surface area contributed by atoms with E-state index >= 15 is 0 Å². The number of carbonyl (C=O) groups excluding carboxylic acids is 2. The standard InChI is InChI=1S/C17H23N3O2/c1-17(2,3)16(22)19-12-10-15(21)20(13-7-11-18)14-8-5-4-6-9-14/h4-6,8-9H,7,10,12-13H2,1-3H3,(H,19,22). The molecule has 0 fully saturated rings. The Balaban J connectivity index is 2.62. The molecule has 0 spiro atoms. The lowest BCUT2D eigenvalue weighted by molar-refractivity contribution is -0.128. The van der Waals surface area contributed by atoms with Gasteiger partial charge in [-0.3, -0.25) is 9.59 Å². The normalized spacial score (nSPS) is 10.6. The highest BCUT2D eigenvalue weighted by Gasteiger charge is 2.21. The summed E-state index contributed by atoms with van der Waals surface area (Å²) < 4.78 is 0. The zero-order valence-electron chi connectivity index (χ0n) is 13.4. The maximum Gasteiger partial charge on any atom is 0.228 e. The predicted molar refractivity (Wildman–Crippen MR) is 86.1 cm³/mol. The molecule has 0 unspecified atom stereocenters. The summed E-state index contributed by atoms with van der Waals surface area (Å²) in [6.07, 6.45) is 0.483. The molecular formula is C17H23N3O2. The molecule has 0 aliphatic heterocycles. The lowest BCUT2D eigenvalue weighted by atomic mass is 9.96. The highest BCUT2D eigenvalue weighted by molar-refractivity contribution is 5.93. The predicted octanol–water partition coefficient (Wildman–Crippen LogP) is 2.49. The number of hydrogen-bond donors (Lipinski definition) is 1. The average Bonchev–Trinajstić information content (AvgIpc) is 2.47. The fraction of sp³-hybridized carbons (Fsp3) is 0.471. The molecule has 22 heavy (non-hydrogen) atoms. The molecule has 1 aromatic rings. The van der Waals surface area contributed by atoms with Crippen LogP contribution in [0, 0.1) is 16.7 Å². The summed E-state index contributed by atoms with van der Waals surface area (Å²) in [7, 11) is 0. The van der Waals surface area contributed by atoms with Crippen LogP contribution in [-0.2, 0) is 9.59 Å². The van der Waals surface area contributed by atoms with E-state index in [0.29, 0.717) is 13.1 Å². The number of nitrogens with zero attached hydrogens (tertiary/aromatic N) is 2. The lowest BCUT2D eigenvalue weighted by Gasteiger charge is -2.22. The van der Waals surface area contributed by atoms with Crippen molar-refractivity contribution in [2.75, 3.05) is 18.0 Å². The van der Waals surface area contributed by atoms with E-state index in [1.807, 2.05) is 51.1 Å². The van der Waals surface area contributed by atoms with Gasteiger partial charge in [-0.1, -0.05) is 39.0 Å². The fourth-order valence-corrected chi connectivity index (χ4v) is 1.85. The molecule has 1 aromatic carbocycles. The van der Waals surface area contributed by atoms with Crippen molar-refractivity contribution in [1.82, 2.24) is 5.32 Å². The third kappa shape index (κ3) is 5.57. The number of benzene rings is 1. The van der Waals surface area contributed by atoms with Crippen LogP contribution in [0.2, 0.25) is 0 Å². The summed E-state index contributed by atoms with van der Waals surface area (Å²) in [5.41, 5.74) is 0.299. The first-order valence-electron chi connectivity index (χ1n) is 7.37. The van der Waals surface area contributed by atoms with E-state index in [-0.39, 0.29) is 24.7 Å². The van der Waals surface area contributed by atoms with Gasteiger partial charge in [0.25, 0.3) is 0 Å². The van der Waals surface area contributed by atoms with Crippen LogP contribution in [0.15, 0.2) is 30.3 Å². The van der Waals surface area contributed by atoms with Crippen LogP contribution in [0.4, 0.5) is 5.69 Å². The summed E-state index contributed by atoms with van der Waals surface area (Å²) in [5, 5.41) is 11.5. The van der Waals surface area contributed by atoms with E-state index in [1.54, 1.807) is 4.90 Å². The van der Waals surface area contributed by atoms with Gasteiger partial charge in [-0.15, -0.1) is 0 Å². The molecule has 0 aliphatic carbocycles. The first kappa shape index (κ1) is 17.7. The highest BCUT2D eigenvalue weighted by atomic mass is 16.2. The van der Waals surface area contributed by atoms with Crippen LogP contribution in [0.1, 0.15) is 33.6 Å². The Morgan fingerprint density at radius 3 is 2.41 bits per heavy atom. The second kappa shape index (κ2) is 8.18. The van der Waals surface area contributed by atoms with Crippen molar-refractivity contribution < 1.29 is 9.59 Å². The van der Waals surface area contributed by atoms with Gasteiger partial charge in [-0.05, 0) is 12.1 Å².